The molecular weight excluding hydrogens is 200 g/mol. The molecule has 0 bridgehead atoms. The first-order valence-electron chi connectivity index (χ1n) is 5.35. The van der Waals surface area contributed by atoms with E-state index in [-0.39, 0.29) is 5.97 Å². The Kier molecular flexibility index (Phi) is 3.20. The zero-order valence-corrected chi connectivity index (χ0v) is 9.19. The molecule has 16 heavy (non-hydrogen) atoms. The summed E-state index contributed by atoms with van der Waals surface area (Å²) in [5.74, 6) is -0.182. The summed E-state index contributed by atoms with van der Waals surface area (Å²) in [4.78, 5) is 11.4. The fraction of sp³-hybridized carbons (Fsp3) is 0.214. The Morgan fingerprint density at radius 3 is 3.00 bits per heavy atom. The summed E-state index contributed by atoms with van der Waals surface area (Å²) in [5, 5.41) is 2.10. The molecule has 0 aliphatic heterocycles. The van der Waals surface area contributed by atoms with E-state index in [9.17, 15) is 4.79 Å². The molecule has 0 atom stereocenters. The van der Waals surface area contributed by atoms with Crippen molar-refractivity contribution in [1.82, 2.24) is 0 Å². The lowest BCUT2D eigenvalue weighted by molar-refractivity contribution is -0.142. The van der Waals surface area contributed by atoms with E-state index >= 15 is 0 Å². The van der Waals surface area contributed by atoms with E-state index in [1.807, 2.05) is 43.3 Å². The van der Waals surface area contributed by atoms with Crippen LogP contribution in [0.15, 0.2) is 36.4 Å². The van der Waals surface area contributed by atoms with Crippen LogP contribution >= 0.6 is 0 Å². The van der Waals surface area contributed by atoms with Crippen LogP contribution < -0.4 is 0 Å². The first kappa shape index (κ1) is 10.7. The molecule has 0 heterocycles. The van der Waals surface area contributed by atoms with Crippen LogP contribution in [0.25, 0.3) is 10.8 Å². The lowest BCUT2D eigenvalue weighted by Crippen LogP contribution is -2.07. The van der Waals surface area contributed by atoms with Gasteiger partial charge in [-0.1, -0.05) is 36.4 Å². The van der Waals surface area contributed by atoms with Gasteiger partial charge in [-0.15, -0.1) is 0 Å². The molecule has 1 radical (unpaired) electrons. The van der Waals surface area contributed by atoms with Gasteiger partial charge < -0.3 is 4.74 Å². The van der Waals surface area contributed by atoms with Gasteiger partial charge in [0.2, 0.25) is 0 Å². The highest BCUT2D eigenvalue weighted by Crippen LogP contribution is 2.18. The normalized spacial score (nSPS) is 10.3. The predicted molar refractivity (Wildman–Crippen MR) is 63.1 cm³/mol. The Morgan fingerprint density at radius 1 is 1.31 bits per heavy atom. The monoisotopic (exact) mass is 213 g/mol. The van der Waals surface area contributed by atoms with Gasteiger partial charge in [-0.3, -0.25) is 4.79 Å². The van der Waals surface area contributed by atoms with Gasteiger partial charge in [0.15, 0.2) is 0 Å². The van der Waals surface area contributed by atoms with Gasteiger partial charge in [0, 0.05) is 0 Å². The molecule has 0 aromatic heterocycles. The summed E-state index contributed by atoms with van der Waals surface area (Å²) in [6.07, 6.45) is 0.322. The summed E-state index contributed by atoms with van der Waals surface area (Å²) in [5.41, 5.74) is 0.993. The Morgan fingerprint density at radius 2 is 2.19 bits per heavy atom. The number of fused-ring (bicyclic) bond motifs is 1. The van der Waals surface area contributed by atoms with Crippen LogP contribution in [0.5, 0.6) is 0 Å². The molecule has 2 aromatic carbocycles. The Hall–Kier alpha value is -1.83. The third-order valence-corrected chi connectivity index (χ3v) is 2.43. The van der Waals surface area contributed by atoms with Crippen molar-refractivity contribution in [2.45, 2.75) is 13.3 Å². The minimum Gasteiger partial charge on any atom is -0.466 e. The molecule has 0 spiro atoms. The van der Waals surface area contributed by atoms with Crippen molar-refractivity contribution >= 4 is 16.7 Å². The molecule has 0 unspecified atom stereocenters. The van der Waals surface area contributed by atoms with Crippen molar-refractivity contribution < 1.29 is 9.53 Å². The number of carbonyl (C=O) groups is 1. The van der Waals surface area contributed by atoms with Gasteiger partial charge in [0.05, 0.1) is 13.0 Å². The van der Waals surface area contributed by atoms with E-state index in [4.69, 9.17) is 4.74 Å². The SMILES string of the molecule is CCOC(=O)Cc1cccc2[c]cccc12. The second kappa shape index (κ2) is 4.79. The maximum atomic E-state index is 11.4. The largest absolute Gasteiger partial charge is 0.466 e. The van der Waals surface area contributed by atoms with Crippen LogP contribution in [-0.2, 0) is 16.0 Å². The van der Waals surface area contributed by atoms with Crippen molar-refractivity contribution in [3.05, 3.63) is 48.0 Å². The topological polar surface area (TPSA) is 26.3 Å². The first-order chi connectivity index (χ1) is 7.81. The van der Waals surface area contributed by atoms with Crippen LogP contribution in [0.1, 0.15) is 12.5 Å². The predicted octanol–water partition coefficient (Wildman–Crippen LogP) is 2.75. The zero-order valence-electron chi connectivity index (χ0n) is 9.19. The number of carbonyl (C=O) groups excluding carboxylic acids is 1. The first-order valence-corrected chi connectivity index (χ1v) is 5.35. The average Bonchev–Trinajstić information content (AvgIpc) is 2.30. The third kappa shape index (κ3) is 2.22. The molecule has 0 aliphatic carbocycles. The van der Waals surface area contributed by atoms with E-state index in [1.54, 1.807) is 0 Å². The highest BCUT2D eigenvalue weighted by atomic mass is 16.5. The van der Waals surface area contributed by atoms with Crippen molar-refractivity contribution in [2.75, 3.05) is 6.61 Å². The van der Waals surface area contributed by atoms with E-state index < -0.39 is 0 Å². The summed E-state index contributed by atoms with van der Waals surface area (Å²) in [6, 6.07) is 14.8. The van der Waals surface area contributed by atoms with Gasteiger partial charge in [0.25, 0.3) is 0 Å². The molecule has 2 aromatic rings. The van der Waals surface area contributed by atoms with Gasteiger partial charge >= 0.3 is 5.97 Å². The standard InChI is InChI=1S/C14H13O2/c1-2-16-14(15)10-12-8-5-7-11-6-3-4-9-13(11)12/h3-5,7-9H,2,10H2,1H3. The van der Waals surface area contributed by atoms with Crippen LogP contribution in [0.2, 0.25) is 0 Å². The molecule has 0 saturated heterocycles. The maximum absolute atomic E-state index is 11.4. The molecule has 0 aliphatic rings. The number of hydrogen-bond acceptors (Lipinski definition) is 2. The molecule has 2 rings (SSSR count). The van der Waals surface area contributed by atoms with Crippen molar-refractivity contribution in [3.63, 3.8) is 0 Å². The molecule has 0 fully saturated rings. The lowest BCUT2D eigenvalue weighted by Gasteiger charge is -2.05. The van der Waals surface area contributed by atoms with Crippen LogP contribution in [-0.4, -0.2) is 12.6 Å². The Labute approximate surface area is 94.8 Å². The minimum absolute atomic E-state index is 0.182. The zero-order chi connectivity index (χ0) is 11.4. The molecule has 2 nitrogen and oxygen atoms in total. The summed E-state index contributed by atoms with van der Waals surface area (Å²) >= 11 is 0. The summed E-state index contributed by atoms with van der Waals surface area (Å²) < 4.78 is 4.95. The summed E-state index contributed by atoms with van der Waals surface area (Å²) in [6.45, 7) is 2.24. The van der Waals surface area contributed by atoms with Crippen molar-refractivity contribution in [1.29, 1.82) is 0 Å². The second-order valence-electron chi connectivity index (χ2n) is 3.53. The molecule has 81 valence electrons. The second-order valence-corrected chi connectivity index (χ2v) is 3.53. The molecule has 2 heteroatoms. The Bertz CT molecular complexity index is 498. The maximum Gasteiger partial charge on any atom is 0.310 e. The molecule has 0 N–H and O–H groups in total. The minimum atomic E-state index is -0.182. The van der Waals surface area contributed by atoms with Crippen LogP contribution in [0, 0.1) is 6.07 Å². The molecular formula is C14H13O2. The van der Waals surface area contributed by atoms with E-state index in [0.717, 1.165) is 16.3 Å². The number of rotatable bonds is 3. The number of esters is 1. The molecule has 0 saturated carbocycles. The average molecular weight is 213 g/mol. The van der Waals surface area contributed by atoms with Gasteiger partial charge in [-0.2, -0.15) is 0 Å². The quantitative estimate of drug-likeness (QED) is 0.733. The highest BCUT2D eigenvalue weighted by Gasteiger charge is 2.06. The smallest absolute Gasteiger partial charge is 0.310 e. The summed E-state index contributed by atoms with van der Waals surface area (Å²) in [7, 11) is 0. The fourth-order valence-corrected chi connectivity index (χ4v) is 1.74. The fourth-order valence-electron chi connectivity index (χ4n) is 1.74. The number of benzene rings is 2. The van der Waals surface area contributed by atoms with Gasteiger partial charge in [-0.05, 0) is 29.3 Å². The number of ether oxygens (including phenoxy) is 1. The van der Waals surface area contributed by atoms with E-state index in [1.165, 1.54) is 0 Å². The van der Waals surface area contributed by atoms with Crippen LogP contribution in [0.3, 0.4) is 0 Å². The Balaban J connectivity index is 2.33. The van der Waals surface area contributed by atoms with E-state index in [0.29, 0.717) is 13.0 Å². The van der Waals surface area contributed by atoms with E-state index in [2.05, 4.69) is 6.07 Å². The van der Waals surface area contributed by atoms with Gasteiger partial charge in [0.1, 0.15) is 0 Å². The third-order valence-electron chi connectivity index (χ3n) is 2.43. The lowest BCUT2D eigenvalue weighted by atomic mass is 10.0. The van der Waals surface area contributed by atoms with Crippen molar-refractivity contribution in [2.24, 2.45) is 0 Å². The highest BCUT2D eigenvalue weighted by molar-refractivity contribution is 5.88. The number of hydrogen-bond donors (Lipinski definition) is 0. The van der Waals surface area contributed by atoms with Gasteiger partial charge in [-0.25, -0.2) is 0 Å². The molecule has 0 amide bonds. The van der Waals surface area contributed by atoms with Crippen LogP contribution in [0.4, 0.5) is 0 Å². The van der Waals surface area contributed by atoms with Crippen molar-refractivity contribution in [3.8, 4) is 0 Å².